The number of ether oxygens (including phenoxy) is 1. The van der Waals surface area contributed by atoms with Crippen LogP contribution in [0.3, 0.4) is 0 Å². The summed E-state index contributed by atoms with van der Waals surface area (Å²) in [6.45, 7) is -1.43. The number of benzene rings is 2. The van der Waals surface area contributed by atoms with E-state index in [0.29, 0.717) is 12.1 Å². The van der Waals surface area contributed by atoms with Gasteiger partial charge in [0.2, 0.25) is 11.8 Å². The molecule has 1 unspecified atom stereocenters. The number of halogens is 6. The van der Waals surface area contributed by atoms with Crippen molar-refractivity contribution < 1.29 is 50.6 Å². The Bertz CT molecular complexity index is 1220. The van der Waals surface area contributed by atoms with Crippen LogP contribution in [0.15, 0.2) is 48.5 Å². The summed E-state index contributed by atoms with van der Waals surface area (Å²) < 4.78 is 84.3. The van der Waals surface area contributed by atoms with Crippen molar-refractivity contribution in [3.63, 3.8) is 0 Å². The van der Waals surface area contributed by atoms with Crippen molar-refractivity contribution in [1.82, 2.24) is 14.7 Å². The van der Waals surface area contributed by atoms with Crippen molar-refractivity contribution in [3.05, 3.63) is 70.8 Å². The van der Waals surface area contributed by atoms with Crippen LogP contribution in [0, 0.1) is 0 Å². The second-order valence-corrected chi connectivity index (χ2v) is 9.43. The maximum Gasteiger partial charge on any atom is 0.416 e. The Morgan fingerprint density at radius 3 is 2.15 bits per heavy atom. The summed E-state index contributed by atoms with van der Waals surface area (Å²) >= 11 is 0. The largest absolute Gasteiger partial charge is 0.444 e. The average Bonchev–Trinajstić information content (AvgIpc) is 2.89. The van der Waals surface area contributed by atoms with Gasteiger partial charge in [0.25, 0.3) is 0 Å². The van der Waals surface area contributed by atoms with Crippen molar-refractivity contribution in [2.75, 3.05) is 19.7 Å². The zero-order chi connectivity index (χ0) is 29.2. The summed E-state index contributed by atoms with van der Waals surface area (Å²) in [4.78, 5) is 42.9. The molecule has 0 bridgehead atoms. The number of rotatable bonds is 6. The van der Waals surface area contributed by atoms with E-state index in [1.165, 1.54) is 9.80 Å². The zero-order valence-corrected chi connectivity index (χ0v) is 20.9. The number of amides is 3. The monoisotopic (exact) mass is 573 g/mol. The van der Waals surface area contributed by atoms with Gasteiger partial charge in [-0.05, 0) is 35.7 Å². The third-order valence-electron chi connectivity index (χ3n) is 6.71. The first kappa shape index (κ1) is 29.2. The Morgan fingerprint density at radius 1 is 0.950 bits per heavy atom. The predicted octanol–water partition coefficient (Wildman–Crippen LogP) is 4.01. The van der Waals surface area contributed by atoms with Crippen molar-refractivity contribution in [2.45, 2.75) is 50.6 Å². The molecular formula is C26H25F6N3O5. The minimum atomic E-state index is -5.06. The fraction of sp³-hybridized carbons (Fsp3) is 0.423. The van der Waals surface area contributed by atoms with Gasteiger partial charge in [0.05, 0.1) is 17.7 Å². The van der Waals surface area contributed by atoms with Crippen LogP contribution >= 0.6 is 0 Å². The maximum absolute atomic E-state index is 13.2. The van der Waals surface area contributed by atoms with Crippen LogP contribution in [0.1, 0.15) is 35.1 Å². The summed E-state index contributed by atoms with van der Waals surface area (Å²) in [7, 11) is 0. The molecule has 8 nitrogen and oxygen atoms in total. The number of piperazine rings is 1. The predicted molar refractivity (Wildman–Crippen MR) is 126 cm³/mol. The van der Waals surface area contributed by atoms with Crippen molar-refractivity contribution in [1.29, 1.82) is 0 Å². The minimum absolute atomic E-state index is 0.0267. The molecule has 2 atom stereocenters. The molecule has 2 aliphatic heterocycles. The lowest BCUT2D eigenvalue weighted by Crippen LogP contribution is -2.71. The van der Waals surface area contributed by atoms with Gasteiger partial charge in [-0.3, -0.25) is 14.5 Å². The minimum Gasteiger partial charge on any atom is -0.444 e. The summed E-state index contributed by atoms with van der Waals surface area (Å²) in [5.74, 6) is -0.866. The van der Waals surface area contributed by atoms with E-state index in [1.54, 1.807) is 30.3 Å². The highest BCUT2D eigenvalue weighted by Gasteiger charge is 2.49. The molecule has 0 saturated carbocycles. The Hall–Kier alpha value is -3.81. The van der Waals surface area contributed by atoms with Crippen LogP contribution in [0.2, 0.25) is 0 Å². The quantitative estimate of drug-likeness (QED) is 0.528. The topological polar surface area (TPSA) is 90.4 Å². The molecule has 1 N–H and O–H groups in total. The highest BCUT2D eigenvalue weighted by molar-refractivity contribution is 5.90. The molecule has 0 spiro atoms. The summed E-state index contributed by atoms with van der Waals surface area (Å²) in [5, 5.41) is 9.56. The summed E-state index contributed by atoms with van der Waals surface area (Å²) in [6.07, 6.45) is -12.5. The van der Waals surface area contributed by atoms with Crippen molar-refractivity contribution in [3.8, 4) is 0 Å². The number of fused-ring (bicyclic) bond motifs is 1. The van der Waals surface area contributed by atoms with E-state index < -0.39 is 72.4 Å². The van der Waals surface area contributed by atoms with Crippen LogP contribution in [-0.2, 0) is 39.8 Å². The average molecular weight is 573 g/mol. The fourth-order valence-corrected chi connectivity index (χ4v) is 4.87. The van der Waals surface area contributed by atoms with Gasteiger partial charge in [-0.1, -0.05) is 30.3 Å². The lowest BCUT2D eigenvalue weighted by Gasteiger charge is -2.51. The molecule has 0 aliphatic carbocycles. The standard InChI is InChI=1S/C26H25F6N3O5/c27-25(28,29)18-10-17(11-19(12-18)26(30,31)32)15-40-24(39)34-8-6-22(37)35-20(7-9-36)23(38)33(14-21(34)35)13-16-4-2-1-3-5-16/h1-5,10-12,20-21,36H,6-9,13-15H2/t20-,21?/m0/s1. The second kappa shape index (κ2) is 11.4. The third kappa shape index (κ3) is 6.32. The Morgan fingerprint density at radius 2 is 1.57 bits per heavy atom. The van der Waals surface area contributed by atoms with E-state index in [9.17, 15) is 45.8 Å². The molecule has 2 fully saturated rings. The number of aliphatic hydroxyl groups is 1. The molecule has 2 aromatic rings. The Balaban J connectivity index is 1.57. The Kier molecular flexibility index (Phi) is 8.28. The van der Waals surface area contributed by atoms with Crippen LogP contribution in [0.4, 0.5) is 31.1 Å². The smallest absolute Gasteiger partial charge is 0.416 e. The van der Waals surface area contributed by atoms with Gasteiger partial charge < -0.3 is 19.6 Å². The van der Waals surface area contributed by atoms with E-state index in [0.717, 1.165) is 10.5 Å². The van der Waals surface area contributed by atoms with E-state index in [2.05, 4.69) is 0 Å². The van der Waals surface area contributed by atoms with Crippen LogP contribution in [-0.4, -0.2) is 69.6 Å². The number of carbonyl (C=O) groups is 3. The maximum atomic E-state index is 13.2. The van der Waals surface area contributed by atoms with Gasteiger partial charge in [-0.15, -0.1) is 0 Å². The molecule has 3 amide bonds. The molecule has 14 heteroatoms. The van der Waals surface area contributed by atoms with Gasteiger partial charge in [-0.25, -0.2) is 4.79 Å². The normalized spacial score (nSPS) is 20.0. The molecule has 2 heterocycles. The second-order valence-electron chi connectivity index (χ2n) is 9.43. The van der Waals surface area contributed by atoms with Crippen molar-refractivity contribution in [2.24, 2.45) is 0 Å². The lowest BCUT2D eigenvalue weighted by molar-refractivity contribution is -0.169. The van der Waals surface area contributed by atoms with Gasteiger partial charge in [0.1, 0.15) is 18.8 Å². The number of aliphatic hydroxyl groups excluding tert-OH is 1. The molecular weight excluding hydrogens is 548 g/mol. The summed E-state index contributed by atoms with van der Waals surface area (Å²) in [5.41, 5.74) is -2.84. The first-order valence-electron chi connectivity index (χ1n) is 12.3. The zero-order valence-electron chi connectivity index (χ0n) is 20.9. The number of hydrogen-bond acceptors (Lipinski definition) is 5. The van der Waals surface area contributed by atoms with E-state index in [-0.39, 0.29) is 38.5 Å². The van der Waals surface area contributed by atoms with Crippen LogP contribution in [0.25, 0.3) is 0 Å². The highest BCUT2D eigenvalue weighted by atomic mass is 19.4. The van der Waals surface area contributed by atoms with Gasteiger partial charge in [-0.2, -0.15) is 26.3 Å². The summed E-state index contributed by atoms with van der Waals surface area (Å²) in [6, 6.07) is 8.72. The highest BCUT2D eigenvalue weighted by Crippen LogP contribution is 2.36. The Labute approximate surface area is 224 Å². The molecule has 40 heavy (non-hydrogen) atoms. The van der Waals surface area contributed by atoms with E-state index >= 15 is 0 Å². The van der Waals surface area contributed by atoms with Crippen molar-refractivity contribution >= 4 is 17.9 Å². The lowest BCUT2D eigenvalue weighted by atomic mass is 10.0. The third-order valence-corrected chi connectivity index (χ3v) is 6.71. The van der Waals surface area contributed by atoms with E-state index in [1.807, 2.05) is 0 Å². The molecule has 0 radical (unpaired) electrons. The number of hydrogen-bond donors (Lipinski definition) is 1. The molecule has 2 aromatic carbocycles. The molecule has 0 aromatic heterocycles. The van der Waals surface area contributed by atoms with Crippen LogP contribution in [0.5, 0.6) is 0 Å². The number of nitrogens with zero attached hydrogens (tertiary/aromatic N) is 3. The van der Waals surface area contributed by atoms with Gasteiger partial charge in [0, 0.05) is 26.1 Å². The van der Waals surface area contributed by atoms with Crippen LogP contribution < -0.4 is 0 Å². The first-order chi connectivity index (χ1) is 18.8. The van der Waals surface area contributed by atoms with Gasteiger partial charge in [0.15, 0.2) is 0 Å². The van der Waals surface area contributed by atoms with Gasteiger partial charge >= 0.3 is 18.4 Å². The SMILES string of the molecule is O=C1[C@H](CCO)N2C(=O)CCN(C(=O)OCc3cc(C(F)(F)F)cc(C(F)(F)F)c3)C2CN1Cc1ccccc1. The number of alkyl halides is 6. The molecule has 4 rings (SSSR count). The fourth-order valence-electron chi connectivity index (χ4n) is 4.87. The number of carbonyl (C=O) groups excluding carboxylic acids is 3. The molecule has 2 aliphatic rings. The molecule has 2 saturated heterocycles. The first-order valence-corrected chi connectivity index (χ1v) is 12.3. The van der Waals surface area contributed by atoms with E-state index in [4.69, 9.17) is 4.74 Å². The molecule has 216 valence electrons.